The van der Waals surface area contributed by atoms with E-state index in [1.807, 2.05) is 29.8 Å². The van der Waals surface area contributed by atoms with E-state index in [1.165, 1.54) is 12.8 Å². The lowest BCUT2D eigenvalue weighted by Crippen LogP contribution is -2.01. The van der Waals surface area contributed by atoms with Gasteiger partial charge in [0.1, 0.15) is 0 Å². The monoisotopic (exact) mass is 215 g/mol. The standard InChI is InChI=1S/C11H13N5/c1-7-2-3-8(12)6-10(7)11-13-14-15-16(11)9-4-5-9/h2-3,6,9H,4-5,12H2,1H3. The summed E-state index contributed by atoms with van der Waals surface area (Å²) in [6.07, 6.45) is 2.33. The zero-order valence-corrected chi connectivity index (χ0v) is 9.09. The van der Waals surface area contributed by atoms with Gasteiger partial charge >= 0.3 is 0 Å². The topological polar surface area (TPSA) is 69.6 Å². The molecule has 5 heteroatoms. The first-order valence-electron chi connectivity index (χ1n) is 5.40. The number of aromatic nitrogens is 4. The molecule has 0 spiro atoms. The van der Waals surface area contributed by atoms with Gasteiger partial charge in [0.2, 0.25) is 0 Å². The number of hydrogen-bond acceptors (Lipinski definition) is 4. The van der Waals surface area contributed by atoms with Crippen LogP contribution in [0.3, 0.4) is 0 Å². The molecule has 1 saturated carbocycles. The highest BCUT2D eigenvalue weighted by Crippen LogP contribution is 2.37. The molecule has 1 aromatic carbocycles. The first-order valence-corrected chi connectivity index (χ1v) is 5.40. The number of rotatable bonds is 2. The molecule has 0 atom stereocenters. The molecular weight excluding hydrogens is 202 g/mol. The van der Waals surface area contributed by atoms with Gasteiger partial charge in [0, 0.05) is 11.3 Å². The Morgan fingerprint density at radius 2 is 2.19 bits per heavy atom. The molecule has 0 bridgehead atoms. The van der Waals surface area contributed by atoms with Crippen LogP contribution < -0.4 is 5.73 Å². The van der Waals surface area contributed by atoms with Crippen LogP contribution in [0.4, 0.5) is 5.69 Å². The lowest BCUT2D eigenvalue weighted by molar-refractivity contribution is 0.615. The molecule has 1 heterocycles. The molecular formula is C11H13N5. The second-order valence-corrected chi connectivity index (χ2v) is 4.25. The minimum absolute atomic E-state index is 0.478. The smallest absolute Gasteiger partial charge is 0.182 e. The van der Waals surface area contributed by atoms with Crippen LogP contribution in [0.15, 0.2) is 18.2 Å². The Morgan fingerprint density at radius 1 is 1.38 bits per heavy atom. The van der Waals surface area contributed by atoms with Crippen LogP contribution in [0.1, 0.15) is 24.4 Å². The van der Waals surface area contributed by atoms with E-state index in [1.54, 1.807) is 0 Å². The molecule has 2 N–H and O–H groups in total. The number of benzene rings is 1. The van der Waals surface area contributed by atoms with Crippen LogP contribution >= 0.6 is 0 Å². The van der Waals surface area contributed by atoms with Gasteiger partial charge in [-0.05, 0) is 47.9 Å². The molecule has 16 heavy (non-hydrogen) atoms. The van der Waals surface area contributed by atoms with Crippen molar-refractivity contribution in [2.75, 3.05) is 5.73 Å². The van der Waals surface area contributed by atoms with Gasteiger partial charge in [0.15, 0.2) is 5.82 Å². The summed E-state index contributed by atoms with van der Waals surface area (Å²) >= 11 is 0. The normalized spacial score (nSPS) is 15.3. The molecule has 1 fully saturated rings. The fourth-order valence-corrected chi connectivity index (χ4v) is 1.82. The van der Waals surface area contributed by atoms with E-state index in [4.69, 9.17) is 5.73 Å². The lowest BCUT2D eigenvalue weighted by atomic mass is 10.1. The zero-order valence-electron chi connectivity index (χ0n) is 9.09. The van der Waals surface area contributed by atoms with Crippen molar-refractivity contribution < 1.29 is 0 Å². The second kappa shape index (κ2) is 3.30. The molecule has 2 aromatic rings. The summed E-state index contributed by atoms with van der Waals surface area (Å²) < 4.78 is 1.90. The van der Waals surface area contributed by atoms with Crippen LogP contribution in [0.25, 0.3) is 11.4 Å². The SMILES string of the molecule is Cc1ccc(N)cc1-c1nnnn1C1CC1. The van der Waals surface area contributed by atoms with Crippen LogP contribution in [-0.4, -0.2) is 20.2 Å². The summed E-state index contributed by atoms with van der Waals surface area (Å²) in [4.78, 5) is 0. The molecule has 5 nitrogen and oxygen atoms in total. The molecule has 1 aromatic heterocycles. The van der Waals surface area contributed by atoms with Crippen molar-refractivity contribution in [3.8, 4) is 11.4 Å². The quantitative estimate of drug-likeness (QED) is 0.772. The maximum absolute atomic E-state index is 5.80. The molecule has 0 saturated heterocycles. The van der Waals surface area contributed by atoms with Gasteiger partial charge < -0.3 is 5.73 Å². The number of hydrogen-bond donors (Lipinski definition) is 1. The van der Waals surface area contributed by atoms with Crippen LogP contribution in [-0.2, 0) is 0 Å². The number of tetrazole rings is 1. The largest absolute Gasteiger partial charge is 0.399 e. The molecule has 1 aliphatic carbocycles. The molecule has 1 aliphatic rings. The molecule has 0 unspecified atom stereocenters. The summed E-state index contributed by atoms with van der Waals surface area (Å²) in [7, 11) is 0. The van der Waals surface area contributed by atoms with E-state index in [0.717, 1.165) is 22.6 Å². The van der Waals surface area contributed by atoms with E-state index in [-0.39, 0.29) is 0 Å². The molecule has 82 valence electrons. The third-order valence-corrected chi connectivity index (χ3v) is 2.89. The second-order valence-electron chi connectivity index (χ2n) is 4.25. The number of aryl methyl sites for hydroxylation is 1. The van der Waals surface area contributed by atoms with Crippen LogP contribution in [0, 0.1) is 6.92 Å². The first-order chi connectivity index (χ1) is 7.75. The Bertz CT molecular complexity index is 527. The van der Waals surface area contributed by atoms with E-state index < -0.39 is 0 Å². The van der Waals surface area contributed by atoms with Crippen molar-refractivity contribution in [3.05, 3.63) is 23.8 Å². The Morgan fingerprint density at radius 3 is 2.94 bits per heavy atom. The maximum atomic E-state index is 5.80. The molecule has 0 radical (unpaired) electrons. The van der Waals surface area contributed by atoms with Gasteiger partial charge in [-0.2, -0.15) is 0 Å². The van der Waals surface area contributed by atoms with Gasteiger partial charge in [-0.25, -0.2) is 4.68 Å². The number of nitrogen functional groups attached to an aromatic ring is 1. The van der Waals surface area contributed by atoms with Gasteiger partial charge in [0.25, 0.3) is 0 Å². The van der Waals surface area contributed by atoms with Crippen molar-refractivity contribution in [1.29, 1.82) is 0 Å². The van der Waals surface area contributed by atoms with Crippen molar-refractivity contribution >= 4 is 5.69 Å². The Hall–Kier alpha value is -1.91. The van der Waals surface area contributed by atoms with Gasteiger partial charge in [-0.3, -0.25) is 0 Å². The highest BCUT2D eigenvalue weighted by Gasteiger charge is 2.28. The van der Waals surface area contributed by atoms with Crippen LogP contribution in [0.2, 0.25) is 0 Å². The fourth-order valence-electron chi connectivity index (χ4n) is 1.82. The van der Waals surface area contributed by atoms with E-state index in [2.05, 4.69) is 15.5 Å². The summed E-state index contributed by atoms with van der Waals surface area (Å²) in [6.45, 7) is 2.04. The van der Waals surface area contributed by atoms with E-state index in [9.17, 15) is 0 Å². The van der Waals surface area contributed by atoms with Crippen LogP contribution in [0.5, 0.6) is 0 Å². The minimum Gasteiger partial charge on any atom is -0.399 e. The Labute approximate surface area is 93.3 Å². The summed E-state index contributed by atoms with van der Waals surface area (Å²) in [5.74, 6) is 0.826. The number of anilines is 1. The van der Waals surface area contributed by atoms with Gasteiger partial charge in [-0.15, -0.1) is 5.10 Å². The maximum Gasteiger partial charge on any atom is 0.182 e. The predicted molar refractivity (Wildman–Crippen MR) is 60.7 cm³/mol. The molecule has 3 rings (SSSR count). The summed E-state index contributed by atoms with van der Waals surface area (Å²) in [6, 6.07) is 6.30. The third-order valence-electron chi connectivity index (χ3n) is 2.89. The average Bonchev–Trinajstić information content (AvgIpc) is 3.01. The van der Waals surface area contributed by atoms with Crippen molar-refractivity contribution in [2.24, 2.45) is 0 Å². The number of nitrogens with zero attached hydrogens (tertiary/aromatic N) is 4. The fraction of sp³-hybridized carbons (Fsp3) is 0.364. The molecule has 0 aliphatic heterocycles. The highest BCUT2D eigenvalue weighted by molar-refractivity contribution is 5.65. The zero-order chi connectivity index (χ0) is 11.1. The highest BCUT2D eigenvalue weighted by atomic mass is 15.6. The van der Waals surface area contributed by atoms with Gasteiger partial charge in [0.05, 0.1) is 6.04 Å². The lowest BCUT2D eigenvalue weighted by Gasteiger charge is -2.06. The van der Waals surface area contributed by atoms with Crippen molar-refractivity contribution in [1.82, 2.24) is 20.2 Å². The average molecular weight is 215 g/mol. The van der Waals surface area contributed by atoms with E-state index in [0.29, 0.717) is 6.04 Å². The molecule has 0 amide bonds. The van der Waals surface area contributed by atoms with Gasteiger partial charge in [-0.1, -0.05) is 6.07 Å². The Balaban J connectivity index is 2.13. The van der Waals surface area contributed by atoms with Crippen molar-refractivity contribution in [2.45, 2.75) is 25.8 Å². The van der Waals surface area contributed by atoms with E-state index >= 15 is 0 Å². The Kier molecular flexibility index (Phi) is 1.92. The minimum atomic E-state index is 0.478. The summed E-state index contributed by atoms with van der Waals surface area (Å²) in [5, 5.41) is 11.9. The first kappa shape index (κ1) is 9.33. The summed E-state index contributed by atoms with van der Waals surface area (Å²) in [5.41, 5.74) is 8.71. The van der Waals surface area contributed by atoms with Crippen molar-refractivity contribution in [3.63, 3.8) is 0 Å². The third kappa shape index (κ3) is 1.44. The predicted octanol–water partition coefficient (Wildman–Crippen LogP) is 1.57. The number of nitrogens with two attached hydrogens (primary N) is 1.